The SMILES string of the molecule is CSC1(CNc2nc(NN)nc3sccc23)CC1. The number of nitrogen functional groups attached to an aromatic ring is 1. The predicted octanol–water partition coefficient (Wildman–Crippen LogP) is 2.28. The van der Waals surface area contributed by atoms with Crippen LogP contribution >= 0.6 is 23.1 Å². The van der Waals surface area contributed by atoms with E-state index in [9.17, 15) is 0 Å². The number of fused-ring (bicyclic) bond motifs is 1. The van der Waals surface area contributed by atoms with Crippen molar-refractivity contribution in [1.29, 1.82) is 0 Å². The van der Waals surface area contributed by atoms with Gasteiger partial charge in [-0.15, -0.1) is 11.3 Å². The molecule has 7 heteroatoms. The van der Waals surface area contributed by atoms with Crippen LogP contribution in [0.5, 0.6) is 0 Å². The minimum Gasteiger partial charge on any atom is -0.368 e. The molecule has 4 N–H and O–H groups in total. The van der Waals surface area contributed by atoms with Crippen LogP contribution in [0.15, 0.2) is 11.4 Å². The third-order valence-electron chi connectivity index (χ3n) is 3.27. The van der Waals surface area contributed by atoms with Crippen LogP contribution in [0.3, 0.4) is 0 Å². The Hall–Kier alpha value is -1.05. The van der Waals surface area contributed by atoms with Gasteiger partial charge in [-0.05, 0) is 30.5 Å². The Balaban J connectivity index is 1.87. The molecule has 18 heavy (non-hydrogen) atoms. The lowest BCUT2D eigenvalue weighted by molar-refractivity contribution is 0.941. The van der Waals surface area contributed by atoms with Crippen LogP contribution in [0, 0.1) is 0 Å². The summed E-state index contributed by atoms with van der Waals surface area (Å²) in [6.45, 7) is 0.945. The van der Waals surface area contributed by atoms with Gasteiger partial charge in [-0.3, -0.25) is 5.43 Å². The average Bonchev–Trinajstić information content (AvgIpc) is 3.04. The molecule has 5 nitrogen and oxygen atoms in total. The maximum Gasteiger partial charge on any atom is 0.240 e. The number of anilines is 2. The van der Waals surface area contributed by atoms with E-state index in [0.29, 0.717) is 10.7 Å². The first-order valence-corrected chi connectivity index (χ1v) is 7.88. The van der Waals surface area contributed by atoms with Gasteiger partial charge in [0.25, 0.3) is 0 Å². The van der Waals surface area contributed by atoms with Gasteiger partial charge in [0.05, 0.1) is 5.39 Å². The Morgan fingerprint density at radius 3 is 3.00 bits per heavy atom. The van der Waals surface area contributed by atoms with Crippen molar-refractivity contribution in [3.8, 4) is 0 Å². The van der Waals surface area contributed by atoms with Crippen LogP contribution in [-0.4, -0.2) is 27.5 Å². The summed E-state index contributed by atoms with van der Waals surface area (Å²) in [5.74, 6) is 6.73. The molecule has 0 radical (unpaired) electrons. The van der Waals surface area contributed by atoms with E-state index < -0.39 is 0 Å². The molecule has 2 aromatic rings. The normalized spacial score (nSPS) is 16.8. The molecule has 2 heterocycles. The van der Waals surface area contributed by atoms with Gasteiger partial charge in [-0.2, -0.15) is 16.7 Å². The molecule has 1 saturated carbocycles. The molecule has 0 unspecified atom stereocenters. The first-order chi connectivity index (χ1) is 8.76. The fourth-order valence-corrected chi connectivity index (χ4v) is 3.38. The Labute approximate surface area is 114 Å². The molecule has 0 amide bonds. The van der Waals surface area contributed by atoms with Crippen molar-refractivity contribution in [3.05, 3.63) is 11.4 Å². The van der Waals surface area contributed by atoms with E-state index in [0.717, 1.165) is 22.6 Å². The largest absolute Gasteiger partial charge is 0.368 e. The number of thioether (sulfide) groups is 1. The van der Waals surface area contributed by atoms with Crippen LogP contribution < -0.4 is 16.6 Å². The molecule has 1 aliphatic carbocycles. The van der Waals surface area contributed by atoms with E-state index in [-0.39, 0.29) is 0 Å². The zero-order chi connectivity index (χ0) is 12.6. The number of nitrogens with two attached hydrogens (primary N) is 1. The third-order valence-corrected chi connectivity index (χ3v) is 5.50. The zero-order valence-corrected chi connectivity index (χ0v) is 11.7. The minimum absolute atomic E-state index is 0.406. The molecule has 0 spiro atoms. The lowest BCUT2D eigenvalue weighted by atomic mass is 10.3. The monoisotopic (exact) mass is 281 g/mol. The summed E-state index contributed by atoms with van der Waals surface area (Å²) in [6, 6.07) is 2.04. The number of hydrazine groups is 1. The number of nitrogens with zero attached hydrogens (tertiary/aromatic N) is 2. The zero-order valence-electron chi connectivity index (χ0n) is 10.1. The lowest BCUT2D eigenvalue weighted by Crippen LogP contribution is -2.19. The maximum atomic E-state index is 5.40. The summed E-state index contributed by atoms with van der Waals surface area (Å²) >= 11 is 3.53. The van der Waals surface area contributed by atoms with Gasteiger partial charge >= 0.3 is 0 Å². The van der Waals surface area contributed by atoms with E-state index in [1.807, 2.05) is 23.2 Å². The molecule has 1 fully saturated rings. The summed E-state index contributed by atoms with van der Waals surface area (Å²) in [5, 5.41) is 6.53. The first-order valence-electron chi connectivity index (χ1n) is 5.77. The van der Waals surface area contributed by atoms with Gasteiger partial charge in [0, 0.05) is 11.3 Å². The Bertz CT molecular complexity index is 564. The van der Waals surface area contributed by atoms with Crippen molar-refractivity contribution in [2.24, 2.45) is 5.84 Å². The Morgan fingerprint density at radius 1 is 1.50 bits per heavy atom. The molecule has 0 aliphatic heterocycles. The highest BCUT2D eigenvalue weighted by molar-refractivity contribution is 8.00. The summed E-state index contributed by atoms with van der Waals surface area (Å²) in [7, 11) is 0. The van der Waals surface area contributed by atoms with Crippen LogP contribution in [0.1, 0.15) is 12.8 Å². The lowest BCUT2D eigenvalue weighted by Gasteiger charge is -2.14. The number of thiophene rings is 1. The average molecular weight is 281 g/mol. The van der Waals surface area contributed by atoms with Crippen molar-refractivity contribution < 1.29 is 0 Å². The van der Waals surface area contributed by atoms with Crippen LogP contribution in [0.25, 0.3) is 10.2 Å². The van der Waals surface area contributed by atoms with Gasteiger partial charge in [0.2, 0.25) is 5.95 Å². The van der Waals surface area contributed by atoms with E-state index in [4.69, 9.17) is 5.84 Å². The minimum atomic E-state index is 0.406. The maximum absolute atomic E-state index is 5.40. The summed E-state index contributed by atoms with van der Waals surface area (Å²) in [5.41, 5.74) is 2.52. The number of aromatic nitrogens is 2. The molecule has 0 saturated heterocycles. The van der Waals surface area contributed by atoms with Gasteiger partial charge in [0.1, 0.15) is 10.6 Å². The number of hydrogen-bond acceptors (Lipinski definition) is 7. The number of nitrogens with one attached hydrogen (secondary N) is 2. The quantitative estimate of drug-likeness (QED) is 0.576. The Morgan fingerprint density at radius 2 is 2.33 bits per heavy atom. The summed E-state index contributed by atoms with van der Waals surface area (Å²) in [6.07, 6.45) is 4.73. The molecule has 0 aromatic carbocycles. The molecule has 1 aliphatic rings. The van der Waals surface area contributed by atoms with Crippen LogP contribution in [-0.2, 0) is 0 Å². The highest BCUT2D eigenvalue weighted by atomic mass is 32.2. The van der Waals surface area contributed by atoms with E-state index in [2.05, 4.69) is 27.0 Å². The highest BCUT2D eigenvalue weighted by Gasteiger charge is 2.41. The summed E-state index contributed by atoms with van der Waals surface area (Å²) in [4.78, 5) is 9.67. The molecular weight excluding hydrogens is 266 g/mol. The van der Waals surface area contributed by atoms with Crippen molar-refractivity contribution in [1.82, 2.24) is 9.97 Å². The second-order valence-electron chi connectivity index (χ2n) is 4.42. The third kappa shape index (κ3) is 2.13. The van der Waals surface area contributed by atoms with Crippen molar-refractivity contribution in [2.75, 3.05) is 23.5 Å². The van der Waals surface area contributed by atoms with Crippen LogP contribution in [0.2, 0.25) is 0 Å². The topological polar surface area (TPSA) is 75.9 Å². The Kier molecular flexibility index (Phi) is 3.04. The fourth-order valence-electron chi connectivity index (χ4n) is 1.89. The first kappa shape index (κ1) is 12.0. The molecular formula is C11H15N5S2. The van der Waals surface area contributed by atoms with Gasteiger partial charge < -0.3 is 5.32 Å². The van der Waals surface area contributed by atoms with Crippen molar-refractivity contribution >= 4 is 45.1 Å². The highest BCUT2D eigenvalue weighted by Crippen LogP contribution is 2.47. The van der Waals surface area contributed by atoms with E-state index >= 15 is 0 Å². The van der Waals surface area contributed by atoms with E-state index in [1.54, 1.807) is 11.3 Å². The second kappa shape index (κ2) is 4.56. The molecule has 0 atom stereocenters. The number of rotatable bonds is 5. The molecule has 96 valence electrons. The van der Waals surface area contributed by atoms with Gasteiger partial charge in [0.15, 0.2) is 0 Å². The van der Waals surface area contributed by atoms with Crippen molar-refractivity contribution in [3.63, 3.8) is 0 Å². The predicted molar refractivity (Wildman–Crippen MR) is 79.2 cm³/mol. The molecule has 0 bridgehead atoms. The summed E-state index contributed by atoms with van der Waals surface area (Å²) < 4.78 is 0.406. The second-order valence-corrected chi connectivity index (χ2v) is 6.59. The smallest absolute Gasteiger partial charge is 0.240 e. The van der Waals surface area contributed by atoms with Gasteiger partial charge in [-0.25, -0.2) is 10.8 Å². The molecule has 3 rings (SSSR count). The van der Waals surface area contributed by atoms with E-state index in [1.165, 1.54) is 12.8 Å². The molecule has 2 aromatic heterocycles. The number of hydrogen-bond donors (Lipinski definition) is 3. The standard InChI is InChI=1S/C11H15N5S2/c1-17-11(3-4-11)6-13-8-7-2-5-18-9(7)15-10(14-8)16-12/h2,5H,3-4,6,12H2,1H3,(H2,13,14,15,16). The van der Waals surface area contributed by atoms with Crippen LogP contribution in [0.4, 0.5) is 11.8 Å². The fraction of sp³-hybridized carbons (Fsp3) is 0.455. The van der Waals surface area contributed by atoms with Crippen molar-refractivity contribution in [2.45, 2.75) is 17.6 Å². The van der Waals surface area contributed by atoms with Gasteiger partial charge in [-0.1, -0.05) is 0 Å².